The third-order valence-electron chi connectivity index (χ3n) is 2.63. The van der Waals surface area contributed by atoms with Crippen LogP contribution in [0.2, 0.25) is 0 Å². The van der Waals surface area contributed by atoms with Crippen molar-refractivity contribution in [1.82, 2.24) is 9.71 Å². The number of nitrogens with one attached hydrogen (secondary N) is 1. The SMILES string of the molecule is O=S(=O)(NCCc1ccccn1)c1c(F)cc(F)cc1Br. The van der Waals surface area contributed by atoms with Crippen LogP contribution in [0.3, 0.4) is 0 Å². The lowest BCUT2D eigenvalue weighted by atomic mass is 10.3. The van der Waals surface area contributed by atoms with Crippen molar-refractivity contribution in [3.05, 3.63) is 58.3 Å². The Morgan fingerprint density at radius 3 is 2.62 bits per heavy atom. The number of sulfonamides is 1. The van der Waals surface area contributed by atoms with E-state index < -0.39 is 26.6 Å². The standard InChI is InChI=1S/C13H11BrF2N2O2S/c14-11-7-9(15)8-12(16)13(11)21(19,20)18-6-4-10-3-1-2-5-17-10/h1-3,5,7-8,18H,4,6H2. The topological polar surface area (TPSA) is 59.1 Å². The summed E-state index contributed by atoms with van der Waals surface area (Å²) in [5.41, 5.74) is 0.707. The van der Waals surface area contributed by atoms with Gasteiger partial charge in [0.25, 0.3) is 0 Å². The molecule has 112 valence electrons. The lowest BCUT2D eigenvalue weighted by molar-refractivity contribution is 0.540. The van der Waals surface area contributed by atoms with Crippen LogP contribution in [0.15, 0.2) is 45.9 Å². The maximum absolute atomic E-state index is 13.7. The van der Waals surface area contributed by atoms with E-state index in [0.717, 1.165) is 6.07 Å². The van der Waals surface area contributed by atoms with Crippen molar-refractivity contribution >= 4 is 26.0 Å². The molecule has 0 aliphatic heterocycles. The van der Waals surface area contributed by atoms with Crippen molar-refractivity contribution in [2.24, 2.45) is 0 Å². The van der Waals surface area contributed by atoms with E-state index in [1.807, 2.05) is 0 Å². The molecule has 8 heteroatoms. The summed E-state index contributed by atoms with van der Waals surface area (Å²) < 4.78 is 52.8. The number of aromatic nitrogens is 1. The van der Waals surface area contributed by atoms with Crippen LogP contribution in [0.25, 0.3) is 0 Å². The fourth-order valence-corrected chi connectivity index (χ4v) is 3.91. The number of hydrogen-bond donors (Lipinski definition) is 1. The Bertz CT molecular complexity index is 716. The quantitative estimate of drug-likeness (QED) is 0.872. The molecule has 1 N–H and O–H groups in total. The third-order valence-corrected chi connectivity index (χ3v) is 5.06. The van der Waals surface area contributed by atoms with Gasteiger partial charge in [-0.2, -0.15) is 0 Å². The number of rotatable bonds is 5. The van der Waals surface area contributed by atoms with E-state index in [2.05, 4.69) is 25.6 Å². The highest BCUT2D eigenvalue weighted by molar-refractivity contribution is 9.10. The number of halogens is 3. The molecule has 0 bridgehead atoms. The van der Waals surface area contributed by atoms with Crippen LogP contribution in [0, 0.1) is 11.6 Å². The molecule has 2 aromatic rings. The van der Waals surface area contributed by atoms with Crippen molar-refractivity contribution in [3.63, 3.8) is 0 Å². The monoisotopic (exact) mass is 376 g/mol. The van der Waals surface area contributed by atoms with Gasteiger partial charge >= 0.3 is 0 Å². The molecular formula is C13H11BrF2N2O2S. The maximum Gasteiger partial charge on any atom is 0.244 e. The predicted molar refractivity (Wildman–Crippen MR) is 77.2 cm³/mol. The summed E-state index contributed by atoms with van der Waals surface area (Å²) in [4.78, 5) is 3.44. The Kier molecular flexibility index (Phi) is 5.02. The lowest BCUT2D eigenvalue weighted by Crippen LogP contribution is -2.27. The zero-order valence-corrected chi connectivity index (χ0v) is 13.1. The van der Waals surface area contributed by atoms with E-state index in [1.54, 1.807) is 24.4 Å². The molecule has 0 aliphatic rings. The summed E-state index contributed by atoms with van der Waals surface area (Å²) in [6.45, 7) is 0.0581. The molecule has 2 rings (SSSR count). The molecular weight excluding hydrogens is 366 g/mol. The average molecular weight is 377 g/mol. The Morgan fingerprint density at radius 1 is 1.24 bits per heavy atom. The molecule has 0 amide bonds. The van der Waals surface area contributed by atoms with Crippen molar-refractivity contribution < 1.29 is 17.2 Å². The first-order valence-corrected chi connectivity index (χ1v) is 8.22. The van der Waals surface area contributed by atoms with E-state index >= 15 is 0 Å². The first kappa shape index (κ1) is 16.0. The van der Waals surface area contributed by atoms with Gasteiger partial charge in [-0.25, -0.2) is 21.9 Å². The van der Waals surface area contributed by atoms with E-state index in [-0.39, 0.29) is 11.0 Å². The van der Waals surface area contributed by atoms with Crippen LogP contribution >= 0.6 is 15.9 Å². The minimum Gasteiger partial charge on any atom is -0.261 e. The smallest absolute Gasteiger partial charge is 0.244 e. The van der Waals surface area contributed by atoms with Gasteiger partial charge in [-0.05, 0) is 34.1 Å². The maximum atomic E-state index is 13.7. The minimum atomic E-state index is -4.07. The van der Waals surface area contributed by atoms with Gasteiger partial charge in [0.1, 0.15) is 16.5 Å². The summed E-state index contributed by atoms with van der Waals surface area (Å²) in [6.07, 6.45) is 1.96. The van der Waals surface area contributed by atoms with Crippen molar-refractivity contribution in [3.8, 4) is 0 Å². The summed E-state index contributed by atoms with van der Waals surface area (Å²) in [5.74, 6) is -2.00. The van der Waals surface area contributed by atoms with Crippen LogP contribution in [0.5, 0.6) is 0 Å². The molecule has 0 atom stereocenters. The molecule has 1 heterocycles. The lowest BCUT2D eigenvalue weighted by Gasteiger charge is -2.09. The highest BCUT2D eigenvalue weighted by Crippen LogP contribution is 2.25. The number of pyridine rings is 1. The van der Waals surface area contributed by atoms with Gasteiger partial charge in [0.15, 0.2) is 0 Å². The Balaban J connectivity index is 2.12. The number of hydrogen-bond acceptors (Lipinski definition) is 3. The minimum absolute atomic E-state index is 0.0581. The first-order chi connectivity index (χ1) is 9.90. The van der Waals surface area contributed by atoms with Crippen molar-refractivity contribution in [2.75, 3.05) is 6.54 Å². The summed E-state index contributed by atoms with van der Waals surface area (Å²) in [5, 5.41) is 0. The van der Waals surface area contributed by atoms with Crippen LogP contribution in [0.4, 0.5) is 8.78 Å². The first-order valence-electron chi connectivity index (χ1n) is 5.94. The largest absolute Gasteiger partial charge is 0.261 e. The third kappa shape index (κ3) is 4.05. The highest BCUT2D eigenvalue weighted by atomic mass is 79.9. The molecule has 0 radical (unpaired) electrons. The normalized spacial score (nSPS) is 11.6. The van der Waals surface area contributed by atoms with Crippen LogP contribution < -0.4 is 4.72 Å². The molecule has 0 saturated heterocycles. The fraction of sp³-hybridized carbons (Fsp3) is 0.154. The van der Waals surface area contributed by atoms with Gasteiger partial charge < -0.3 is 0 Å². The van der Waals surface area contributed by atoms with Gasteiger partial charge in [-0.15, -0.1) is 0 Å². The van der Waals surface area contributed by atoms with Gasteiger partial charge in [0.2, 0.25) is 10.0 Å². The second-order valence-corrected chi connectivity index (χ2v) is 6.73. The summed E-state index contributed by atoms with van der Waals surface area (Å²) in [7, 11) is -4.07. The van der Waals surface area contributed by atoms with Gasteiger partial charge in [0.05, 0.1) is 0 Å². The van der Waals surface area contributed by atoms with Crippen molar-refractivity contribution in [2.45, 2.75) is 11.3 Å². The highest BCUT2D eigenvalue weighted by Gasteiger charge is 2.23. The Labute approximate surface area is 129 Å². The van der Waals surface area contributed by atoms with E-state index in [1.165, 1.54) is 0 Å². The second kappa shape index (κ2) is 6.59. The zero-order valence-electron chi connectivity index (χ0n) is 10.7. The Hall–Kier alpha value is -1.38. The summed E-state index contributed by atoms with van der Waals surface area (Å²) >= 11 is 2.86. The van der Waals surface area contributed by atoms with Crippen LogP contribution in [-0.4, -0.2) is 19.9 Å². The number of nitrogens with zero attached hydrogens (tertiary/aromatic N) is 1. The zero-order chi connectivity index (χ0) is 15.5. The van der Waals surface area contributed by atoms with Crippen LogP contribution in [0.1, 0.15) is 5.69 Å². The Morgan fingerprint density at radius 2 is 2.00 bits per heavy atom. The molecule has 0 saturated carbocycles. The fourth-order valence-electron chi connectivity index (χ4n) is 1.72. The molecule has 0 unspecified atom stereocenters. The molecule has 1 aromatic heterocycles. The van der Waals surface area contributed by atoms with Crippen molar-refractivity contribution in [1.29, 1.82) is 0 Å². The molecule has 21 heavy (non-hydrogen) atoms. The summed E-state index contributed by atoms with van der Waals surface area (Å²) in [6, 6.07) is 6.71. The number of benzene rings is 1. The van der Waals surface area contributed by atoms with Crippen LogP contribution in [-0.2, 0) is 16.4 Å². The van der Waals surface area contributed by atoms with Gasteiger partial charge in [0, 0.05) is 35.4 Å². The predicted octanol–water partition coefficient (Wildman–Crippen LogP) is 2.64. The van der Waals surface area contributed by atoms with E-state index in [9.17, 15) is 17.2 Å². The average Bonchev–Trinajstić information content (AvgIpc) is 2.38. The molecule has 0 aliphatic carbocycles. The van der Waals surface area contributed by atoms with E-state index in [4.69, 9.17) is 0 Å². The molecule has 1 aromatic carbocycles. The molecule has 0 fully saturated rings. The van der Waals surface area contributed by atoms with Gasteiger partial charge in [-0.3, -0.25) is 4.98 Å². The second-order valence-electron chi connectivity index (χ2n) is 4.17. The van der Waals surface area contributed by atoms with Gasteiger partial charge in [-0.1, -0.05) is 6.07 Å². The molecule has 0 spiro atoms. The molecule has 4 nitrogen and oxygen atoms in total. The van der Waals surface area contributed by atoms with E-state index in [0.29, 0.717) is 18.2 Å².